The summed E-state index contributed by atoms with van der Waals surface area (Å²) in [6, 6.07) is 11.1. The predicted molar refractivity (Wildman–Crippen MR) is 147 cm³/mol. The Labute approximate surface area is 238 Å². The SMILES string of the molecule is O=C(Nc1ccc([C@H](F)C(=O)C(F)(OC2CCC(C(=O)O)CC2)N2CCCC2)cc1Cl)c1nsc2ccccc12. The quantitative estimate of drug-likeness (QED) is 0.287. The first-order chi connectivity index (χ1) is 19.2. The Balaban J connectivity index is 1.31. The zero-order valence-electron chi connectivity index (χ0n) is 21.4. The molecule has 0 spiro atoms. The second kappa shape index (κ2) is 11.9. The lowest BCUT2D eigenvalue weighted by molar-refractivity contribution is -0.255. The van der Waals surface area contributed by atoms with Crippen LogP contribution in [0.25, 0.3) is 10.1 Å². The highest BCUT2D eigenvalue weighted by atomic mass is 35.5. The molecule has 2 aromatic carbocycles. The highest BCUT2D eigenvalue weighted by Gasteiger charge is 2.52. The van der Waals surface area contributed by atoms with Crippen molar-refractivity contribution in [2.24, 2.45) is 5.92 Å². The Kier molecular flexibility index (Phi) is 8.46. The summed E-state index contributed by atoms with van der Waals surface area (Å²) in [7, 11) is 0. The standard InChI is InChI=1S/C28H28ClF2N3O5S/c29-20-15-17(9-12-21(20)32-26(36)24-19-5-1-2-6-22(19)40-33-24)23(30)25(35)28(31,34-13-3-4-14-34)39-18-10-7-16(8-11-18)27(37)38/h1-2,5-6,9,12,15-16,18,23H,3-4,7-8,10-11,13-14H2,(H,32,36)(H,37,38)/t16?,18?,23-,28?/m0/s1. The Morgan fingerprint density at radius 1 is 1.12 bits per heavy atom. The molecule has 40 heavy (non-hydrogen) atoms. The van der Waals surface area contributed by atoms with Crippen LogP contribution in [-0.2, 0) is 14.3 Å². The van der Waals surface area contributed by atoms with Crippen molar-refractivity contribution in [1.82, 2.24) is 9.27 Å². The fourth-order valence-corrected chi connectivity index (χ4v) is 6.28. The van der Waals surface area contributed by atoms with E-state index in [1.165, 1.54) is 34.6 Å². The van der Waals surface area contributed by atoms with Gasteiger partial charge in [-0.05, 0) is 73.8 Å². The van der Waals surface area contributed by atoms with Gasteiger partial charge in [0.15, 0.2) is 6.17 Å². The average Bonchev–Trinajstić information content (AvgIpc) is 3.65. The van der Waals surface area contributed by atoms with Crippen LogP contribution in [-0.4, -0.2) is 57.2 Å². The number of carbonyl (C=O) groups excluding carboxylic acids is 2. The van der Waals surface area contributed by atoms with E-state index in [-0.39, 0.29) is 47.9 Å². The summed E-state index contributed by atoms with van der Waals surface area (Å²) < 4.78 is 42.8. The highest BCUT2D eigenvalue weighted by Crippen LogP contribution is 2.38. The number of rotatable bonds is 9. The summed E-state index contributed by atoms with van der Waals surface area (Å²) in [5.41, 5.74) is 0.234. The molecule has 2 atom stereocenters. The van der Waals surface area contributed by atoms with E-state index in [1.807, 2.05) is 12.1 Å². The van der Waals surface area contributed by atoms with Gasteiger partial charge in [-0.3, -0.25) is 14.4 Å². The second-order valence-corrected chi connectivity index (χ2v) is 11.3. The van der Waals surface area contributed by atoms with Gasteiger partial charge in [0.2, 0.25) is 0 Å². The van der Waals surface area contributed by atoms with E-state index in [9.17, 15) is 19.5 Å². The number of alkyl halides is 2. The van der Waals surface area contributed by atoms with Gasteiger partial charge in [-0.1, -0.05) is 35.9 Å². The van der Waals surface area contributed by atoms with Crippen LogP contribution in [0.2, 0.25) is 5.02 Å². The maximum atomic E-state index is 16.4. The summed E-state index contributed by atoms with van der Waals surface area (Å²) in [6.45, 7) is 0.465. The third-order valence-corrected chi connectivity index (χ3v) is 8.66. The van der Waals surface area contributed by atoms with Gasteiger partial charge < -0.3 is 15.2 Å². The van der Waals surface area contributed by atoms with Crippen LogP contribution in [0.15, 0.2) is 42.5 Å². The largest absolute Gasteiger partial charge is 0.481 e. The van der Waals surface area contributed by atoms with Gasteiger partial charge in [-0.25, -0.2) is 9.29 Å². The first kappa shape index (κ1) is 28.5. The molecular weight excluding hydrogens is 564 g/mol. The molecule has 0 radical (unpaired) electrons. The van der Waals surface area contributed by atoms with Gasteiger partial charge in [-0.15, -0.1) is 0 Å². The molecule has 5 rings (SSSR count). The Hall–Kier alpha value is -2.99. The molecule has 1 aliphatic heterocycles. The number of fused-ring (bicyclic) bond motifs is 1. The summed E-state index contributed by atoms with van der Waals surface area (Å²) in [6.07, 6.45) is -0.708. The van der Waals surface area contributed by atoms with E-state index in [2.05, 4.69) is 9.69 Å². The van der Waals surface area contributed by atoms with Crippen LogP contribution >= 0.6 is 23.1 Å². The molecule has 2 fully saturated rings. The number of benzene rings is 2. The number of anilines is 1. The number of nitrogens with one attached hydrogen (secondary N) is 1. The number of ether oxygens (including phenoxy) is 1. The summed E-state index contributed by atoms with van der Waals surface area (Å²) >= 11 is 7.53. The normalized spacial score (nSPS) is 22.1. The van der Waals surface area contributed by atoms with Crippen molar-refractivity contribution in [3.8, 4) is 0 Å². The molecule has 12 heteroatoms. The first-order valence-corrected chi connectivity index (χ1v) is 14.3. The third-order valence-electron chi connectivity index (χ3n) is 7.52. The van der Waals surface area contributed by atoms with Gasteiger partial charge in [0.25, 0.3) is 11.7 Å². The number of carboxylic acid groups (broad SMARTS) is 1. The molecule has 8 nitrogen and oxygen atoms in total. The van der Waals surface area contributed by atoms with Crippen molar-refractivity contribution < 1.29 is 33.0 Å². The number of halogens is 3. The van der Waals surface area contributed by atoms with Crippen molar-refractivity contribution in [2.45, 2.75) is 56.8 Å². The number of carboxylic acids is 1. The third kappa shape index (κ3) is 5.74. The first-order valence-electron chi connectivity index (χ1n) is 13.2. The monoisotopic (exact) mass is 591 g/mol. The fourth-order valence-electron chi connectivity index (χ4n) is 5.27. The number of aromatic nitrogens is 1. The Morgan fingerprint density at radius 2 is 1.82 bits per heavy atom. The maximum absolute atomic E-state index is 16.4. The molecule has 2 N–H and O–H groups in total. The molecule has 1 aromatic heterocycles. The second-order valence-electron chi connectivity index (χ2n) is 10.1. The molecule has 1 aliphatic carbocycles. The van der Waals surface area contributed by atoms with E-state index in [0.717, 1.165) is 4.70 Å². The molecule has 2 aliphatic rings. The van der Waals surface area contributed by atoms with Crippen molar-refractivity contribution >= 4 is 56.6 Å². The summed E-state index contributed by atoms with van der Waals surface area (Å²) in [5.74, 6) is -6.34. The van der Waals surface area contributed by atoms with Crippen molar-refractivity contribution in [2.75, 3.05) is 18.4 Å². The lowest BCUT2D eigenvalue weighted by Crippen LogP contribution is -2.55. The van der Waals surface area contributed by atoms with Crippen molar-refractivity contribution in [1.29, 1.82) is 0 Å². The van der Waals surface area contributed by atoms with Crippen LogP contribution in [0.1, 0.15) is 60.7 Å². The van der Waals surface area contributed by atoms with Crippen molar-refractivity contribution in [3.05, 3.63) is 58.7 Å². The molecule has 1 amide bonds. The van der Waals surface area contributed by atoms with E-state index < -0.39 is 41.8 Å². The lowest BCUT2D eigenvalue weighted by Gasteiger charge is -2.38. The average molecular weight is 592 g/mol. The molecule has 1 saturated carbocycles. The Bertz CT molecular complexity index is 1420. The number of aliphatic carboxylic acids is 1. The minimum absolute atomic E-state index is 0.0284. The lowest BCUT2D eigenvalue weighted by atomic mass is 9.87. The number of nitrogens with zero attached hydrogens (tertiary/aromatic N) is 2. The highest BCUT2D eigenvalue weighted by molar-refractivity contribution is 7.13. The predicted octanol–water partition coefficient (Wildman–Crippen LogP) is 6.16. The minimum atomic E-state index is -3.00. The fraction of sp³-hybridized carbons (Fsp3) is 0.429. The molecule has 2 heterocycles. The van der Waals surface area contributed by atoms with Gasteiger partial charge in [-0.2, -0.15) is 8.76 Å². The number of Topliss-reactive ketones (excluding diaryl/α,β-unsaturated/α-hetero) is 1. The van der Waals surface area contributed by atoms with Gasteiger partial charge in [0.05, 0.1) is 27.4 Å². The number of hydrogen-bond acceptors (Lipinski definition) is 7. The number of likely N-dealkylation sites (tertiary alicyclic amines) is 1. The van der Waals surface area contributed by atoms with Crippen LogP contribution in [0.3, 0.4) is 0 Å². The van der Waals surface area contributed by atoms with E-state index in [0.29, 0.717) is 31.1 Å². The molecule has 0 bridgehead atoms. The Morgan fingerprint density at radius 3 is 2.50 bits per heavy atom. The number of carbonyl (C=O) groups is 3. The van der Waals surface area contributed by atoms with Crippen molar-refractivity contribution in [3.63, 3.8) is 0 Å². The van der Waals surface area contributed by atoms with E-state index in [4.69, 9.17) is 16.3 Å². The molecular formula is C28H28ClF2N3O5S. The molecule has 1 saturated heterocycles. The van der Waals surface area contributed by atoms with Gasteiger partial charge in [0, 0.05) is 18.5 Å². The van der Waals surface area contributed by atoms with Crippen LogP contribution in [0.5, 0.6) is 0 Å². The van der Waals surface area contributed by atoms with Crippen LogP contribution in [0, 0.1) is 5.92 Å². The number of hydrogen-bond donors (Lipinski definition) is 2. The summed E-state index contributed by atoms with van der Waals surface area (Å²) in [5, 5.41) is 12.5. The van der Waals surface area contributed by atoms with Crippen LogP contribution in [0.4, 0.5) is 14.5 Å². The van der Waals surface area contributed by atoms with E-state index >= 15 is 8.78 Å². The van der Waals surface area contributed by atoms with E-state index in [1.54, 1.807) is 12.1 Å². The molecule has 212 valence electrons. The number of ketones is 1. The van der Waals surface area contributed by atoms with Gasteiger partial charge in [0.1, 0.15) is 5.69 Å². The summed E-state index contributed by atoms with van der Waals surface area (Å²) in [4.78, 5) is 38.6. The maximum Gasteiger partial charge on any atom is 0.333 e. The minimum Gasteiger partial charge on any atom is -0.481 e. The zero-order chi connectivity index (χ0) is 28.4. The van der Waals surface area contributed by atoms with Gasteiger partial charge >= 0.3 is 11.9 Å². The number of amides is 1. The topological polar surface area (TPSA) is 109 Å². The smallest absolute Gasteiger partial charge is 0.333 e. The van der Waals surface area contributed by atoms with Crippen LogP contribution < -0.4 is 5.32 Å². The zero-order valence-corrected chi connectivity index (χ0v) is 23.0. The molecule has 1 unspecified atom stereocenters. The molecule has 3 aromatic rings.